The summed E-state index contributed by atoms with van der Waals surface area (Å²) in [5.41, 5.74) is 1.87. The monoisotopic (exact) mass is 159 g/mol. The van der Waals surface area contributed by atoms with Gasteiger partial charge in [0.1, 0.15) is 5.71 Å². The van der Waals surface area contributed by atoms with Crippen molar-refractivity contribution in [3.05, 3.63) is 0 Å². The van der Waals surface area contributed by atoms with Crippen LogP contribution in [0.15, 0.2) is 5.16 Å². The van der Waals surface area contributed by atoms with Crippen LogP contribution in [0.4, 0.5) is 0 Å². The predicted molar refractivity (Wildman–Crippen MR) is 39.8 cm³/mol. The highest BCUT2D eigenvalue weighted by molar-refractivity contribution is 5.87. The van der Waals surface area contributed by atoms with Gasteiger partial charge in [-0.25, -0.2) is 5.21 Å². The molecular formula is C7H15N2O2+. The van der Waals surface area contributed by atoms with Crippen LogP contribution < -0.4 is 5.48 Å². The second-order valence-electron chi connectivity index (χ2n) is 2.95. The molecule has 0 aromatic carbocycles. The molecule has 64 valence electrons. The van der Waals surface area contributed by atoms with E-state index < -0.39 is 0 Å². The highest BCUT2D eigenvalue weighted by Crippen LogP contribution is 2.13. The van der Waals surface area contributed by atoms with Gasteiger partial charge in [0.25, 0.3) is 0 Å². The summed E-state index contributed by atoms with van der Waals surface area (Å²) < 4.78 is 0. The summed E-state index contributed by atoms with van der Waals surface area (Å²) in [6, 6.07) is -0.0116. The lowest BCUT2D eigenvalue weighted by atomic mass is 10.1. The Morgan fingerprint density at radius 2 is 2.18 bits per heavy atom. The van der Waals surface area contributed by atoms with Crippen LogP contribution in [-0.2, 0) is 0 Å². The number of hydrogen-bond donors (Lipinski definition) is 3. The third-order valence-corrected chi connectivity index (χ3v) is 2.18. The summed E-state index contributed by atoms with van der Waals surface area (Å²) >= 11 is 0. The van der Waals surface area contributed by atoms with Crippen LogP contribution in [0.25, 0.3) is 0 Å². The van der Waals surface area contributed by atoms with E-state index >= 15 is 0 Å². The van der Waals surface area contributed by atoms with Crippen LogP contribution in [0, 0.1) is 0 Å². The third kappa shape index (κ3) is 2.17. The first-order chi connectivity index (χ1) is 5.38. The molecule has 1 atom stereocenters. The molecule has 0 heterocycles. The minimum atomic E-state index is -0.0116. The van der Waals surface area contributed by atoms with Gasteiger partial charge < -0.3 is 5.21 Å². The molecule has 0 bridgehead atoms. The van der Waals surface area contributed by atoms with Crippen LogP contribution in [-0.4, -0.2) is 22.2 Å². The Labute approximate surface area is 65.9 Å². The van der Waals surface area contributed by atoms with Crippen LogP contribution in [0.3, 0.4) is 0 Å². The lowest BCUT2D eigenvalue weighted by Gasteiger charge is -2.07. The number of quaternary nitrogens is 1. The molecular weight excluding hydrogens is 144 g/mol. The molecule has 1 rings (SSSR count). The maximum Gasteiger partial charge on any atom is 0.157 e. The number of hydroxylamine groups is 1. The smallest absolute Gasteiger partial charge is 0.157 e. The first kappa shape index (κ1) is 8.49. The first-order valence-corrected chi connectivity index (χ1v) is 4.07. The molecule has 4 heteroatoms. The van der Waals surface area contributed by atoms with Gasteiger partial charge in [0.2, 0.25) is 0 Å². The highest BCUT2D eigenvalue weighted by atomic mass is 16.5. The van der Waals surface area contributed by atoms with E-state index in [1.54, 1.807) is 0 Å². The van der Waals surface area contributed by atoms with Gasteiger partial charge in [-0.2, -0.15) is 5.48 Å². The second kappa shape index (κ2) is 4.31. The minimum absolute atomic E-state index is 0.0116. The van der Waals surface area contributed by atoms with Crippen molar-refractivity contribution in [3.63, 3.8) is 0 Å². The van der Waals surface area contributed by atoms with Crippen LogP contribution in [0.2, 0.25) is 0 Å². The normalized spacial score (nSPS) is 30.3. The van der Waals surface area contributed by atoms with E-state index in [2.05, 4.69) is 5.16 Å². The third-order valence-electron chi connectivity index (χ3n) is 2.18. The molecule has 0 aromatic heterocycles. The Kier molecular flexibility index (Phi) is 3.32. The van der Waals surface area contributed by atoms with E-state index in [0.29, 0.717) is 0 Å². The Balaban J connectivity index is 2.55. The number of oxime groups is 1. The van der Waals surface area contributed by atoms with Crippen molar-refractivity contribution in [2.24, 2.45) is 5.16 Å². The maximum atomic E-state index is 8.80. The Hall–Kier alpha value is -0.610. The number of rotatable bonds is 1. The van der Waals surface area contributed by atoms with Crippen LogP contribution in [0.1, 0.15) is 32.1 Å². The number of hydrogen-bond acceptors (Lipinski definition) is 3. The van der Waals surface area contributed by atoms with Crippen molar-refractivity contribution in [2.45, 2.75) is 38.1 Å². The average Bonchev–Trinajstić information content (AvgIpc) is 2.27. The SMILES string of the molecule is ON=C1CCCCCC1[NH2+]O. The standard InChI is InChI=1S/C7H14N2O2/c10-8-6-4-2-1-3-5-7(6)9-11/h6,8,10-11H,1-5H2/p+1. The zero-order valence-electron chi connectivity index (χ0n) is 6.53. The molecule has 1 unspecified atom stereocenters. The Morgan fingerprint density at radius 1 is 1.36 bits per heavy atom. The fourth-order valence-corrected chi connectivity index (χ4v) is 1.48. The van der Waals surface area contributed by atoms with Crippen molar-refractivity contribution >= 4 is 5.71 Å². The van der Waals surface area contributed by atoms with Gasteiger partial charge in [0.05, 0.1) is 0 Å². The lowest BCUT2D eigenvalue weighted by molar-refractivity contribution is -0.900. The molecule has 0 aromatic rings. The quantitative estimate of drug-likeness (QED) is 0.288. The van der Waals surface area contributed by atoms with E-state index in [1.165, 1.54) is 6.42 Å². The van der Waals surface area contributed by atoms with E-state index in [0.717, 1.165) is 36.9 Å². The lowest BCUT2D eigenvalue weighted by Crippen LogP contribution is -2.88. The van der Waals surface area contributed by atoms with Gasteiger partial charge in [-0.15, -0.1) is 0 Å². The minimum Gasteiger partial charge on any atom is -0.411 e. The molecule has 11 heavy (non-hydrogen) atoms. The zero-order chi connectivity index (χ0) is 8.10. The molecule has 0 aliphatic heterocycles. The summed E-state index contributed by atoms with van der Waals surface area (Å²) in [4.78, 5) is 0. The van der Waals surface area contributed by atoms with Crippen molar-refractivity contribution in [1.29, 1.82) is 0 Å². The highest BCUT2D eigenvalue weighted by Gasteiger charge is 2.21. The van der Waals surface area contributed by atoms with Gasteiger partial charge in [-0.1, -0.05) is 11.6 Å². The molecule has 1 fully saturated rings. The molecule has 0 saturated heterocycles. The topological polar surface area (TPSA) is 69.4 Å². The predicted octanol–water partition coefficient (Wildman–Crippen LogP) is 0.102. The Morgan fingerprint density at radius 3 is 2.82 bits per heavy atom. The van der Waals surface area contributed by atoms with Crippen molar-refractivity contribution < 1.29 is 15.9 Å². The zero-order valence-corrected chi connectivity index (χ0v) is 6.53. The molecule has 0 spiro atoms. The van der Waals surface area contributed by atoms with Crippen molar-refractivity contribution in [3.8, 4) is 0 Å². The fourth-order valence-electron chi connectivity index (χ4n) is 1.48. The maximum absolute atomic E-state index is 8.80. The van der Waals surface area contributed by atoms with Gasteiger partial charge in [-0.3, -0.25) is 0 Å². The van der Waals surface area contributed by atoms with E-state index in [9.17, 15) is 0 Å². The average molecular weight is 159 g/mol. The summed E-state index contributed by atoms with van der Waals surface area (Å²) in [5.74, 6) is 0. The van der Waals surface area contributed by atoms with Crippen molar-refractivity contribution in [2.75, 3.05) is 0 Å². The summed E-state index contributed by atoms with van der Waals surface area (Å²) in [6.45, 7) is 0. The summed E-state index contributed by atoms with van der Waals surface area (Å²) in [7, 11) is 0. The van der Waals surface area contributed by atoms with Gasteiger partial charge >= 0.3 is 0 Å². The van der Waals surface area contributed by atoms with Gasteiger partial charge in [0.15, 0.2) is 6.04 Å². The number of nitrogens with two attached hydrogens (primary N) is 1. The molecule has 0 radical (unpaired) electrons. The Bertz CT molecular complexity index is 147. The molecule has 4 nitrogen and oxygen atoms in total. The second-order valence-corrected chi connectivity index (χ2v) is 2.95. The van der Waals surface area contributed by atoms with E-state index in [-0.39, 0.29) is 6.04 Å². The first-order valence-electron chi connectivity index (χ1n) is 4.07. The summed E-state index contributed by atoms with van der Waals surface area (Å²) in [6.07, 6.45) is 5.09. The summed E-state index contributed by atoms with van der Waals surface area (Å²) in [5, 5.41) is 20.6. The van der Waals surface area contributed by atoms with E-state index in [1.807, 2.05) is 0 Å². The van der Waals surface area contributed by atoms with Crippen LogP contribution in [0.5, 0.6) is 0 Å². The van der Waals surface area contributed by atoms with Crippen molar-refractivity contribution in [1.82, 2.24) is 0 Å². The fraction of sp³-hybridized carbons (Fsp3) is 0.857. The van der Waals surface area contributed by atoms with E-state index in [4.69, 9.17) is 10.4 Å². The van der Waals surface area contributed by atoms with Gasteiger partial charge in [-0.05, 0) is 19.3 Å². The van der Waals surface area contributed by atoms with Gasteiger partial charge in [0, 0.05) is 6.42 Å². The number of nitrogens with zero attached hydrogens (tertiary/aromatic N) is 1. The molecule has 1 aliphatic carbocycles. The molecule has 0 amide bonds. The van der Waals surface area contributed by atoms with Crippen LogP contribution >= 0.6 is 0 Å². The molecule has 1 saturated carbocycles. The molecule has 1 aliphatic rings. The molecule has 4 N–H and O–H groups in total. The largest absolute Gasteiger partial charge is 0.411 e.